The summed E-state index contributed by atoms with van der Waals surface area (Å²) in [5, 5.41) is 4.78. The predicted molar refractivity (Wildman–Crippen MR) is 141 cm³/mol. The molecule has 0 aromatic carbocycles. The molecule has 37 heavy (non-hydrogen) atoms. The fourth-order valence-electron chi connectivity index (χ4n) is 4.69. The topological polar surface area (TPSA) is 167 Å². The number of aromatic nitrogens is 1. The Kier molecular flexibility index (Phi) is 10.8. The van der Waals surface area contributed by atoms with Crippen molar-refractivity contribution in [1.82, 2.24) is 25.0 Å². The van der Waals surface area contributed by atoms with Crippen molar-refractivity contribution in [3.63, 3.8) is 0 Å². The smallest absolute Gasteiger partial charge is 0.240 e. The molecule has 0 saturated carbocycles. The van der Waals surface area contributed by atoms with Gasteiger partial charge in [-0.1, -0.05) is 0 Å². The van der Waals surface area contributed by atoms with Crippen molar-refractivity contribution >= 4 is 40.8 Å². The summed E-state index contributed by atoms with van der Waals surface area (Å²) < 4.78 is 0. The van der Waals surface area contributed by atoms with E-state index >= 15 is 0 Å². The minimum absolute atomic E-state index is 0.0346. The van der Waals surface area contributed by atoms with E-state index in [0.29, 0.717) is 50.3 Å². The maximum absolute atomic E-state index is 13.2. The number of nitrogens with one attached hydrogen (secondary N) is 1. The van der Waals surface area contributed by atoms with Crippen LogP contribution in [0, 0.1) is 0 Å². The number of nitrogens with zero attached hydrogens (tertiary/aromatic N) is 5. The maximum atomic E-state index is 13.2. The number of likely N-dealkylation sites (tertiary alicyclic amines) is 1. The summed E-state index contributed by atoms with van der Waals surface area (Å²) in [4.78, 5) is 65.0. The van der Waals surface area contributed by atoms with Crippen LogP contribution in [0.15, 0.2) is 16.6 Å². The largest absolute Gasteiger partial charge is 0.370 e. The lowest BCUT2D eigenvalue weighted by Crippen LogP contribution is -2.58. The number of Topliss-reactive ketones (excluding diaryl/α,β-unsaturated/α-hetero) is 1. The monoisotopic (exact) mass is 534 g/mol. The molecule has 3 rings (SSSR count). The van der Waals surface area contributed by atoms with Gasteiger partial charge in [0, 0.05) is 50.7 Å². The fraction of sp³-hybridized carbons (Fsp3) is 0.667. The van der Waals surface area contributed by atoms with Crippen LogP contribution in [0.3, 0.4) is 0 Å². The highest BCUT2D eigenvalue weighted by atomic mass is 32.1. The Labute approximate surface area is 221 Å². The standard InChI is InChI=1S/C24H38N8O4S/c1-30-13-14-32(23(36)18(30)7-8-20(34)31-11-3-2-4-12-31)16-19(33)29-17(6-5-9-28-24(25)26)21(35)22-27-10-15-37-22/h10,15,17-18H,2-9,11-14,16H2,1H3,(H,29,33)(H4,25,26,28)/t17-,18+/m0/s1. The number of aliphatic imine (C=N–C) groups is 1. The van der Waals surface area contributed by atoms with Gasteiger partial charge in [-0.05, 0) is 45.6 Å². The van der Waals surface area contributed by atoms with E-state index in [2.05, 4.69) is 15.3 Å². The van der Waals surface area contributed by atoms with Crippen molar-refractivity contribution in [3.8, 4) is 0 Å². The first-order valence-electron chi connectivity index (χ1n) is 12.8. The number of amides is 3. The van der Waals surface area contributed by atoms with Crippen LogP contribution in [0.5, 0.6) is 0 Å². The zero-order chi connectivity index (χ0) is 26.8. The zero-order valence-electron chi connectivity index (χ0n) is 21.4. The molecule has 12 nitrogen and oxygen atoms in total. The number of nitrogens with two attached hydrogens (primary N) is 2. The molecule has 0 unspecified atom stereocenters. The molecule has 1 aromatic rings. The zero-order valence-corrected chi connectivity index (χ0v) is 22.3. The lowest BCUT2D eigenvalue weighted by molar-refractivity contribution is -0.145. The third kappa shape index (κ3) is 8.49. The third-order valence-electron chi connectivity index (χ3n) is 6.77. The molecule has 0 bridgehead atoms. The number of piperazine rings is 1. The summed E-state index contributed by atoms with van der Waals surface area (Å²) in [5.74, 6) is -0.830. The maximum Gasteiger partial charge on any atom is 0.240 e. The lowest BCUT2D eigenvalue weighted by Gasteiger charge is -2.38. The van der Waals surface area contributed by atoms with Gasteiger partial charge in [-0.15, -0.1) is 11.3 Å². The second kappa shape index (κ2) is 14.0. The lowest BCUT2D eigenvalue weighted by atomic mass is 10.0. The van der Waals surface area contributed by atoms with Gasteiger partial charge >= 0.3 is 0 Å². The van der Waals surface area contributed by atoms with Crippen molar-refractivity contribution in [2.75, 3.05) is 46.3 Å². The van der Waals surface area contributed by atoms with Gasteiger partial charge in [0.05, 0.1) is 18.6 Å². The van der Waals surface area contributed by atoms with Crippen LogP contribution >= 0.6 is 11.3 Å². The SMILES string of the molecule is CN1CCN(CC(=O)N[C@@H](CCCN=C(N)N)C(=O)c2nccs2)C(=O)[C@H]1CCC(=O)N1CCCCC1. The Hall–Kier alpha value is -3.06. The molecule has 2 aliphatic heterocycles. The third-order valence-corrected chi connectivity index (χ3v) is 7.55. The second-order valence-corrected chi connectivity index (χ2v) is 10.4. The van der Waals surface area contributed by atoms with Crippen LogP contribution < -0.4 is 16.8 Å². The molecule has 13 heteroatoms. The van der Waals surface area contributed by atoms with E-state index in [4.69, 9.17) is 11.5 Å². The van der Waals surface area contributed by atoms with Crippen LogP contribution in [0.25, 0.3) is 0 Å². The van der Waals surface area contributed by atoms with E-state index in [9.17, 15) is 19.2 Å². The van der Waals surface area contributed by atoms with Crippen molar-refractivity contribution in [3.05, 3.63) is 16.6 Å². The molecule has 204 valence electrons. The van der Waals surface area contributed by atoms with E-state index in [0.717, 1.165) is 32.4 Å². The number of guanidine groups is 1. The Bertz CT molecular complexity index is 960. The average Bonchev–Trinajstić information content (AvgIpc) is 3.42. The van der Waals surface area contributed by atoms with Gasteiger partial charge in [0.25, 0.3) is 0 Å². The van der Waals surface area contributed by atoms with Gasteiger partial charge in [-0.25, -0.2) is 4.98 Å². The van der Waals surface area contributed by atoms with Gasteiger partial charge in [-0.3, -0.25) is 29.1 Å². The normalized spacial score (nSPS) is 19.4. The minimum Gasteiger partial charge on any atom is -0.370 e. The summed E-state index contributed by atoms with van der Waals surface area (Å²) in [6, 6.07) is -1.25. The highest BCUT2D eigenvalue weighted by molar-refractivity contribution is 7.11. The number of carbonyl (C=O) groups is 4. The Morgan fingerprint density at radius 1 is 1.19 bits per heavy atom. The van der Waals surface area contributed by atoms with Crippen LogP contribution in [0.2, 0.25) is 0 Å². The number of thiazole rings is 1. The number of hydrogen-bond acceptors (Lipinski definition) is 8. The predicted octanol–water partition coefficient (Wildman–Crippen LogP) is -0.200. The van der Waals surface area contributed by atoms with Crippen LogP contribution in [0.4, 0.5) is 0 Å². The molecule has 1 aromatic heterocycles. The number of carbonyl (C=O) groups excluding carboxylic acids is 4. The molecule has 5 N–H and O–H groups in total. The van der Waals surface area contributed by atoms with Crippen molar-refractivity contribution in [2.24, 2.45) is 16.5 Å². The molecule has 2 fully saturated rings. The number of hydrogen-bond donors (Lipinski definition) is 3. The summed E-state index contributed by atoms with van der Waals surface area (Å²) in [6.45, 7) is 2.74. The number of piperidine rings is 1. The molecule has 0 spiro atoms. The molecule has 2 aliphatic rings. The van der Waals surface area contributed by atoms with Crippen LogP contribution in [-0.4, -0.2) is 108 Å². The molecular formula is C24H38N8O4S. The molecule has 0 aliphatic carbocycles. The van der Waals surface area contributed by atoms with E-state index in [1.165, 1.54) is 22.4 Å². The summed E-state index contributed by atoms with van der Waals surface area (Å²) in [6.07, 6.45) is 6.28. The van der Waals surface area contributed by atoms with Crippen LogP contribution in [-0.2, 0) is 14.4 Å². The molecular weight excluding hydrogens is 496 g/mol. The van der Waals surface area contributed by atoms with Gasteiger partial charge < -0.3 is 26.6 Å². The highest BCUT2D eigenvalue weighted by Crippen LogP contribution is 2.17. The number of ketones is 1. The average molecular weight is 535 g/mol. The molecule has 0 radical (unpaired) electrons. The van der Waals surface area contributed by atoms with Gasteiger partial charge in [0.2, 0.25) is 23.5 Å². The van der Waals surface area contributed by atoms with Crippen molar-refractivity contribution in [2.45, 2.75) is 57.0 Å². The minimum atomic E-state index is -0.798. The van der Waals surface area contributed by atoms with E-state index < -0.39 is 18.0 Å². The Balaban J connectivity index is 1.56. The van der Waals surface area contributed by atoms with E-state index in [1.54, 1.807) is 5.38 Å². The van der Waals surface area contributed by atoms with Gasteiger partial charge in [-0.2, -0.15) is 0 Å². The number of likely N-dealkylation sites (N-methyl/N-ethyl adjacent to an activating group) is 1. The molecule has 2 atom stereocenters. The second-order valence-electron chi connectivity index (χ2n) is 9.51. The first kappa shape index (κ1) is 28.5. The molecule has 2 saturated heterocycles. The number of rotatable bonds is 12. The van der Waals surface area contributed by atoms with Gasteiger partial charge in [0.15, 0.2) is 11.0 Å². The first-order valence-corrected chi connectivity index (χ1v) is 13.7. The fourth-order valence-corrected chi connectivity index (χ4v) is 5.32. The Morgan fingerprint density at radius 3 is 2.62 bits per heavy atom. The quantitative estimate of drug-likeness (QED) is 0.143. The van der Waals surface area contributed by atoms with Gasteiger partial charge in [0.1, 0.15) is 0 Å². The molecule has 3 amide bonds. The summed E-state index contributed by atoms with van der Waals surface area (Å²) >= 11 is 1.20. The Morgan fingerprint density at radius 2 is 1.95 bits per heavy atom. The van der Waals surface area contributed by atoms with Crippen LogP contribution in [0.1, 0.15) is 54.7 Å². The van der Waals surface area contributed by atoms with E-state index in [1.807, 2.05) is 16.8 Å². The van der Waals surface area contributed by atoms with E-state index in [-0.39, 0.29) is 30.1 Å². The van der Waals surface area contributed by atoms with Crippen molar-refractivity contribution < 1.29 is 19.2 Å². The van der Waals surface area contributed by atoms with Crippen molar-refractivity contribution in [1.29, 1.82) is 0 Å². The molecule has 3 heterocycles. The highest BCUT2D eigenvalue weighted by Gasteiger charge is 2.35. The summed E-state index contributed by atoms with van der Waals surface area (Å²) in [7, 11) is 1.87. The summed E-state index contributed by atoms with van der Waals surface area (Å²) in [5.41, 5.74) is 10.7. The first-order chi connectivity index (χ1) is 17.8.